The Labute approximate surface area is 166 Å². The van der Waals surface area contributed by atoms with E-state index in [2.05, 4.69) is 11.4 Å². The van der Waals surface area contributed by atoms with Gasteiger partial charge in [-0.15, -0.1) is 11.3 Å². The Morgan fingerprint density at radius 3 is 2.50 bits per heavy atom. The molecule has 0 aliphatic rings. The Balaban J connectivity index is 1.69. The first-order valence-electron chi connectivity index (χ1n) is 8.76. The largest absolute Gasteiger partial charge is 0.497 e. The van der Waals surface area contributed by atoms with Gasteiger partial charge in [-0.1, -0.05) is 0 Å². The normalized spacial score (nSPS) is 11.0. The first-order chi connectivity index (χ1) is 13.5. The number of aromatic nitrogens is 1. The molecule has 2 aromatic carbocycles. The average Bonchev–Trinajstić information content (AvgIpc) is 3.02. The number of nitrogens with one attached hydrogen (secondary N) is 1. The third-order valence-corrected chi connectivity index (χ3v) is 5.89. The number of carbonyl (C=O) groups excluding carboxylic acids is 2. The Bertz CT molecular complexity index is 1230. The molecule has 1 amide bonds. The number of carbonyl (C=O) groups is 2. The number of amides is 1. The fourth-order valence-electron chi connectivity index (χ4n) is 3.09. The average molecular weight is 390 g/mol. The SMILES string of the molecule is COc1ccc2cc3c(C)c(C(=O)Nc4ccc(C(C)=O)cc4)sc3nc2c1. The maximum atomic E-state index is 12.8. The van der Waals surface area contributed by atoms with Gasteiger partial charge in [-0.25, -0.2) is 4.98 Å². The molecule has 0 saturated heterocycles. The van der Waals surface area contributed by atoms with E-state index < -0.39 is 0 Å². The lowest BCUT2D eigenvalue weighted by Gasteiger charge is -2.05. The molecule has 0 fully saturated rings. The summed E-state index contributed by atoms with van der Waals surface area (Å²) < 4.78 is 5.27. The van der Waals surface area contributed by atoms with Crippen LogP contribution in [0.1, 0.15) is 32.5 Å². The Morgan fingerprint density at radius 1 is 1.07 bits per heavy atom. The van der Waals surface area contributed by atoms with E-state index in [4.69, 9.17) is 9.72 Å². The van der Waals surface area contributed by atoms with Crippen LogP contribution in [-0.2, 0) is 0 Å². The van der Waals surface area contributed by atoms with Crippen LogP contribution < -0.4 is 10.1 Å². The van der Waals surface area contributed by atoms with Crippen LogP contribution in [0, 0.1) is 6.92 Å². The molecule has 0 aliphatic carbocycles. The minimum atomic E-state index is -0.183. The molecule has 1 N–H and O–H groups in total. The molecule has 0 atom stereocenters. The van der Waals surface area contributed by atoms with Crippen LogP contribution in [0.4, 0.5) is 5.69 Å². The van der Waals surface area contributed by atoms with Crippen molar-refractivity contribution in [2.24, 2.45) is 0 Å². The van der Waals surface area contributed by atoms with Gasteiger partial charge in [0.15, 0.2) is 5.78 Å². The van der Waals surface area contributed by atoms with Gasteiger partial charge in [-0.05, 0) is 61.9 Å². The van der Waals surface area contributed by atoms with Crippen molar-refractivity contribution in [3.05, 3.63) is 64.5 Å². The van der Waals surface area contributed by atoms with E-state index in [1.165, 1.54) is 18.3 Å². The van der Waals surface area contributed by atoms with Crippen molar-refractivity contribution in [1.29, 1.82) is 0 Å². The summed E-state index contributed by atoms with van der Waals surface area (Å²) >= 11 is 1.37. The van der Waals surface area contributed by atoms with Crippen LogP contribution in [0.3, 0.4) is 0 Å². The van der Waals surface area contributed by atoms with Crippen molar-refractivity contribution in [2.45, 2.75) is 13.8 Å². The number of methoxy groups -OCH3 is 1. The highest BCUT2D eigenvalue weighted by molar-refractivity contribution is 7.20. The summed E-state index contributed by atoms with van der Waals surface area (Å²) in [5, 5.41) is 4.87. The van der Waals surface area contributed by atoms with Crippen molar-refractivity contribution >= 4 is 49.8 Å². The van der Waals surface area contributed by atoms with Gasteiger partial charge in [0.2, 0.25) is 0 Å². The number of aryl methyl sites for hydroxylation is 1. The molecule has 4 rings (SSSR count). The lowest BCUT2D eigenvalue weighted by atomic mass is 10.1. The number of nitrogens with zero attached hydrogens (tertiary/aromatic N) is 1. The molecule has 2 aromatic heterocycles. The molecule has 140 valence electrons. The fraction of sp³-hybridized carbons (Fsp3) is 0.136. The van der Waals surface area contributed by atoms with Gasteiger partial charge in [-0.2, -0.15) is 0 Å². The number of thiophene rings is 1. The van der Waals surface area contributed by atoms with Crippen molar-refractivity contribution in [1.82, 2.24) is 4.98 Å². The number of hydrogen-bond acceptors (Lipinski definition) is 5. The highest BCUT2D eigenvalue weighted by Gasteiger charge is 2.17. The topological polar surface area (TPSA) is 68.3 Å². The van der Waals surface area contributed by atoms with Gasteiger partial charge in [0, 0.05) is 28.1 Å². The number of rotatable bonds is 4. The molecule has 0 radical (unpaired) electrons. The van der Waals surface area contributed by atoms with Gasteiger partial charge < -0.3 is 10.1 Å². The van der Waals surface area contributed by atoms with Crippen LogP contribution in [0.15, 0.2) is 48.5 Å². The summed E-state index contributed by atoms with van der Waals surface area (Å²) in [6.07, 6.45) is 0. The maximum absolute atomic E-state index is 12.8. The Kier molecular flexibility index (Phi) is 4.57. The van der Waals surface area contributed by atoms with Gasteiger partial charge in [0.05, 0.1) is 17.5 Å². The van der Waals surface area contributed by atoms with E-state index in [0.29, 0.717) is 16.1 Å². The first-order valence-corrected chi connectivity index (χ1v) is 9.58. The van der Waals surface area contributed by atoms with Crippen molar-refractivity contribution < 1.29 is 14.3 Å². The molecular formula is C22H18N2O3S. The van der Waals surface area contributed by atoms with E-state index >= 15 is 0 Å². The predicted octanol–water partition coefficient (Wildman–Crippen LogP) is 5.22. The summed E-state index contributed by atoms with van der Waals surface area (Å²) in [7, 11) is 1.63. The molecule has 4 aromatic rings. The van der Waals surface area contributed by atoms with Crippen molar-refractivity contribution in [3.63, 3.8) is 0 Å². The van der Waals surface area contributed by atoms with Crippen LogP contribution >= 0.6 is 11.3 Å². The number of anilines is 1. The number of hydrogen-bond donors (Lipinski definition) is 1. The van der Waals surface area contributed by atoms with E-state index in [-0.39, 0.29) is 11.7 Å². The highest BCUT2D eigenvalue weighted by Crippen LogP contribution is 2.33. The van der Waals surface area contributed by atoms with E-state index in [9.17, 15) is 9.59 Å². The molecular weight excluding hydrogens is 372 g/mol. The molecule has 28 heavy (non-hydrogen) atoms. The second-order valence-corrected chi connectivity index (χ2v) is 7.54. The van der Waals surface area contributed by atoms with Crippen molar-refractivity contribution in [2.75, 3.05) is 12.4 Å². The zero-order chi connectivity index (χ0) is 19.8. The molecule has 2 heterocycles. The lowest BCUT2D eigenvalue weighted by molar-refractivity contribution is 0.101. The molecule has 5 nitrogen and oxygen atoms in total. The van der Waals surface area contributed by atoms with Gasteiger partial charge in [0.1, 0.15) is 10.6 Å². The fourth-order valence-corrected chi connectivity index (χ4v) is 4.16. The summed E-state index contributed by atoms with van der Waals surface area (Å²) in [5.41, 5.74) is 3.00. The zero-order valence-electron chi connectivity index (χ0n) is 15.7. The maximum Gasteiger partial charge on any atom is 0.266 e. The van der Waals surface area contributed by atoms with Crippen LogP contribution in [0.5, 0.6) is 5.75 Å². The van der Waals surface area contributed by atoms with E-state index in [1.807, 2.05) is 25.1 Å². The number of Topliss-reactive ketones (excluding diaryl/α,β-unsaturated/α-hetero) is 1. The summed E-state index contributed by atoms with van der Waals surface area (Å²) in [5.74, 6) is 0.560. The molecule has 0 saturated carbocycles. The molecule has 0 spiro atoms. The smallest absolute Gasteiger partial charge is 0.266 e. The van der Waals surface area contributed by atoms with Gasteiger partial charge >= 0.3 is 0 Å². The first kappa shape index (κ1) is 18.1. The van der Waals surface area contributed by atoms with E-state index in [1.54, 1.807) is 31.4 Å². The number of pyridine rings is 1. The standard InChI is InChI=1S/C22H18N2O3S/c1-12-18-10-15-6-9-17(27-3)11-19(15)24-22(18)28-20(12)21(26)23-16-7-4-14(5-8-16)13(2)25/h4-11H,1-3H3,(H,23,26). The summed E-state index contributed by atoms with van der Waals surface area (Å²) in [4.78, 5) is 30.3. The minimum Gasteiger partial charge on any atom is -0.497 e. The number of ketones is 1. The van der Waals surface area contributed by atoms with Crippen LogP contribution in [-0.4, -0.2) is 23.8 Å². The third-order valence-electron chi connectivity index (χ3n) is 4.69. The molecule has 0 unspecified atom stereocenters. The predicted molar refractivity (Wildman–Crippen MR) is 113 cm³/mol. The van der Waals surface area contributed by atoms with Crippen LogP contribution in [0.25, 0.3) is 21.1 Å². The number of benzene rings is 2. The summed E-state index contributed by atoms with van der Waals surface area (Å²) in [6, 6.07) is 14.7. The molecule has 0 bridgehead atoms. The lowest BCUT2D eigenvalue weighted by Crippen LogP contribution is -2.11. The third kappa shape index (κ3) is 3.23. The van der Waals surface area contributed by atoms with Gasteiger partial charge in [0.25, 0.3) is 5.91 Å². The summed E-state index contributed by atoms with van der Waals surface area (Å²) in [6.45, 7) is 3.45. The Hall–Kier alpha value is -3.25. The monoisotopic (exact) mass is 390 g/mol. The second kappa shape index (κ2) is 7.05. The highest BCUT2D eigenvalue weighted by atomic mass is 32.1. The number of ether oxygens (including phenoxy) is 1. The number of fused-ring (bicyclic) bond motifs is 2. The minimum absolute atomic E-state index is 0.00648. The second-order valence-electron chi connectivity index (χ2n) is 6.54. The molecule has 6 heteroatoms. The zero-order valence-corrected chi connectivity index (χ0v) is 16.5. The quantitative estimate of drug-likeness (QED) is 0.485. The molecule has 0 aliphatic heterocycles. The Morgan fingerprint density at radius 2 is 1.82 bits per heavy atom. The van der Waals surface area contributed by atoms with Crippen LogP contribution in [0.2, 0.25) is 0 Å². The van der Waals surface area contributed by atoms with E-state index in [0.717, 1.165) is 32.4 Å². The van der Waals surface area contributed by atoms with Crippen molar-refractivity contribution in [3.8, 4) is 5.75 Å². The van der Waals surface area contributed by atoms with Gasteiger partial charge in [-0.3, -0.25) is 9.59 Å².